The van der Waals surface area contributed by atoms with Crippen LogP contribution in [0.5, 0.6) is 0 Å². The topological polar surface area (TPSA) is 57.5 Å². The van der Waals surface area contributed by atoms with Gasteiger partial charge >= 0.3 is 5.97 Å². The Hall–Kier alpha value is -1.35. The number of carbonyl (C=O) groups is 1. The molecule has 2 rings (SSSR count). The predicted molar refractivity (Wildman–Crippen MR) is 51.1 cm³/mol. The van der Waals surface area contributed by atoms with E-state index in [1.54, 1.807) is 12.1 Å². The minimum Gasteiger partial charge on any atom is -0.479 e. The molecule has 14 heavy (non-hydrogen) atoms. The van der Waals surface area contributed by atoms with Gasteiger partial charge in [0, 0.05) is 0 Å². The number of aryl methyl sites for hydroxylation is 2. The maximum absolute atomic E-state index is 10.5. The van der Waals surface area contributed by atoms with E-state index in [9.17, 15) is 9.90 Å². The van der Waals surface area contributed by atoms with Crippen molar-refractivity contribution in [3.05, 3.63) is 34.9 Å². The zero-order chi connectivity index (χ0) is 10.1. The quantitative estimate of drug-likeness (QED) is 0.742. The van der Waals surface area contributed by atoms with Crippen LogP contribution in [0.1, 0.15) is 29.2 Å². The van der Waals surface area contributed by atoms with E-state index in [2.05, 4.69) is 0 Å². The van der Waals surface area contributed by atoms with Gasteiger partial charge in [0.15, 0.2) is 6.10 Å². The fraction of sp³-hybridized carbons (Fsp3) is 0.364. The summed E-state index contributed by atoms with van der Waals surface area (Å²) in [6, 6.07) is 5.42. The third kappa shape index (κ3) is 1.51. The van der Waals surface area contributed by atoms with Crippen LogP contribution in [0, 0.1) is 0 Å². The Kier molecular flexibility index (Phi) is 2.25. The molecule has 1 aliphatic carbocycles. The molecule has 0 radical (unpaired) electrons. The number of hydrogen-bond acceptors (Lipinski definition) is 2. The lowest BCUT2D eigenvalue weighted by molar-refractivity contribution is -0.146. The first kappa shape index (κ1) is 9.21. The highest BCUT2D eigenvalue weighted by Crippen LogP contribution is 2.25. The van der Waals surface area contributed by atoms with Crippen LogP contribution in [0.2, 0.25) is 0 Å². The lowest BCUT2D eigenvalue weighted by atomic mass is 10.0. The smallest absolute Gasteiger partial charge is 0.337 e. The predicted octanol–water partition coefficient (Wildman–Crippen LogP) is 1.29. The Morgan fingerprint density at radius 2 is 2.00 bits per heavy atom. The van der Waals surface area contributed by atoms with Gasteiger partial charge < -0.3 is 10.2 Å². The zero-order valence-corrected chi connectivity index (χ0v) is 7.73. The minimum absolute atomic E-state index is 0.484. The third-order valence-corrected chi connectivity index (χ3v) is 2.67. The molecule has 0 amide bonds. The van der Waals surface area contributed by atoms with Crippen LogP contribution in [0.3, 0.4) is 0 Å². The summed E-state index contributed by atoms with van der Waals surface area (Å²) in [4.78, 5) is 10.5. The number of carboxylic acids is 1. The van der Waals surface area contributed by atoms with Crippen LogP contribution in [-0.4, -0.2) is 16.2 Å². The number of carboxylic acid groups (broad SMARTS) is 1. The van der Waals surface area contributed by atoms with Gasteiger partial charge in [-0.15, -0.1) is 0 Å². The summed E-state index contributed by atoms with van der Waals surface area (Å²) in [5.41, 5.74) is 2.95. The number of hydrogen-bond donors (Lipinski definition) is 2. The summed E-state index contributed by atoms with van der Waals surface area (Å²) in [6.07, 6.45) is 1.80. The van der Waals surface area contributed by atoms with Crippen LogP contribution in [-0.2, 0) is 17.6 Å². The van der Waals surface area contributed by atoms with Gasteiger partial charge in [-0.05, 0) is 36.0 Å². The van der Waals surface area contributed by atoms with Crippen molar-refractivity contribution in [1.82, 2.24) is 0 Å². The third-order valence-electron chi connectivity index (χ3n) is 2.67. The highest BCUT2D eigenvalue weighted by molar-refractivity contribution is 5.74. The van der Waals surface area contributed by atoms with Crippen molar-refractivity contribution in [3.8, 4) is 0 Å². The largest absolute Gasteiger partial charge is 0.479 e. The van der Waals surface area contributed by atoms with E-state index < -0.39 is 12.1 Å². The molecule has 1 unspecified atom stereocenters. The summed E-state index contributed by atoms with van der Waals surface area (Å²) in [5, 5.41) is 18.0. The van der Waals surface area contributed by atoms with Gasteiger partial charge in [0.05, 0.1) is 0 Å². The molecule has 0 aromatic heterocycles. The Balaban J connectivity index is 2.33. The highest BCUT2D eigenvalue weighted by Gasteiger charge is 2.18. The standard InChI is InChI=1S/C11H12O3/c12-10(11(13)14)9-5-4-7-2-1-3-8(7)6-9/h4-6,10,12H,1-3H2,(H,13,14). The van der Waals surface area contributed by atoms with Crippen LogP contribution < -0.4 is 0 Å². The number of fused-ring (bicyclic) bond motifs is 1. The van der Waals surface area contributed by atoms with Crippen LogP contribution in [0.15, 0.2) is 18.2 Å². The molecule has 1 atom stereocenters. The summed E-state index contributed by atoms with van der Waals surface area (Å²) >= 11 is 0. The highest BCUT2D eigenvalue weighted by atomic mass is 16.4. The van der Waals surface area contributed by atoms with Gasteiger partial charge in [0.2, 0.25) is 0 Å². The number of rotatable bonds is 2. The van der Waals surface area contributed by atoms with Crippen LogP contribution in [0.4, 0.5) is 0 Å². The summed E-state index contributed by atoms with van der Waals surface area (Å²) in [7, 11) is 0. The molecule has 0 saturated carbocycles. The molecule has 3 heteroatoms. The number of aliphatic hydroxyl groups excluding tert-OH is 1. The molecule has 0 saturated heterocycles. The van der Waals surface area contributed by atoms with E-state index in [1.807, 2.05) is 6.07 Å². The number of benzene rings is 1. The second-order valence-electron chi connectivity index (χ2n) is 3.62. The maximum atomic E-state index is 10.5. The second kappa shape index (κ2) is 3.42. The first-order chi connectivity index (χ1) is 6.68. The van der Waals surface area contributed by atoms with Gasteiger partial charge in [0.25, 0.3) is 0 Å². The number of aliphatic carboxylic acids is 1. The average Bonchev–Trinajstić information content (AvgIpc) is 2.62. The van der Waals surface area contributed by atoms with Gasteiger partial charge in [-0.25, -0.2) is 4.79 Å². The molecule has 74 valence electrons. The normalized spacial score (nSPS) is 16.4. The molecule has 1 aliphatic rings. The van der Waals surface area contributed by atoms with Crippen molar-refractivity contribution in [2.45, 2.75) is 25.4 Å². The Labute approximate surface area is 82.0 Å². The SMILES string of the molecule is O=C(O)C(O)c1ccc2c(c1)CCC2. The fourth-order valence-electron chi connectivity index (χ4n) is 1.90. The van der Waals surface area contributed by atoms with Crippen molar-refractivity contribution >= 4 is 5.97 Å². The Morgan fingerprint density at radius 3 is 2.71 bits per heavy atom. The minimum atomic E-state index is -1.39. The molecule has 3 nitrogen and oxygen atoms in total. The molecule has 1 aromatic rings. The monoisotopic (exact) mass is 192 g/mol. The summed E-state index contributed by atoms with van der Waals surface area (Å²) in [6.45, 7) is 0. The van der Waals surface area contributed by atoms with E-state index in [0.29, 0.717) is 5.56 Å². The van der Waals surface area contributed by atoms with Gasteiger partial charge in [0.1, 0.15) is 0 Å². The van der Waals surface area contributed by atoms with Gasteiger partial charge in [-0.2, -0.15) is 0 Å². The van der Waals surface area contributed by atoms with Crippen molar-refractivity contribution in [2.75, 3.05) is 0 Å². The number of aliphatic hydroxyl groups is 1. The second-order valence-corrected chi connectivity index (χ2v) is 3.62. The molecule has 0 heterocycles. The van der Waals surface area contributed by atoms with Crippen LogP contribution in [0.25, 0.3) is 0 Å². The average molecular weight is 192 g/mol. The molecule has 2 N–H and O–H groups in total. The van der Waals surface area contributed by atoms with Crippen molar-refractivity contribution in [2.24, 2.45) is 0 Å². The van der Waals surface area contributed by atoms with Crippen molar-refractivity contribution in [3.63, 3.8) is 0 Å². The molecule has 0 bridgehead atoms. The van der Waals surface area contributed by atoms with Crippen molar-refractivity contribution < 1.29 is 15.0 Å². The zero-order valence-electron chi connectivity index (χ0n) is 7.73. The van der Waals surface area contributed by atoms with E-state index in [4.69, 9.17) is 5.11 Å². The van der Waals surface area contributed by atoms with E-state index >= 15 is 0 Å². The lowest BCUT2D eigenvalue weighted by Crippen LogP contribution is -2.10. The van der Waals surface area contributed by atoms with Gasteiger partial charge in [-0.3, -0.25) is 0 Å². The first-order valence-electron chi connectivity index (χ1n) is 4.71. The Morgan fingerprint density at radius 1 is 1.29 bits per heavy atom. The fourth-order valence-corrected chi connectivity index (χ4v) is 1.90. The molecular weight excluding hydrogens is 180 g/mol. The molecule has 0 spiro atoms. The van der Waals surface area contributed by atoms with Crippen molar-refractivity contribution in [1.29, 1.82) is 0 Å². The molecule has 0 fully saturated rings. The molecule has 0 aliphatic heterocycles. The first-order valence-corrected chi connectivity index (χ1v) is 4.71. The van der Waals surface area contributed by atoms with E-state index in [1.165, 1.54) is 11.1 Å². The molecule has 1 aromatic carbocycles. The van der Waals surface area contributed by atoms with E-state index in [0.717, 1.165) is 19.3 Å². The molecular formula is C11H12O3. The van der Waals surface area contributed by atoms with Gasteiger partial charge in [-0.1, -0.05) is 18.2 Å². The maximum Gasteiger partial charge on any atom is 0.337 e. The summed E-state index contributed by atoms with van der Waals surface area (Å²) < 4.78 is 0. The summed E-state index contributed by atoms with van der Waals surface area (Å²) in [5.74, 6) is -1.19. The Bertz CT molecular complexity index is 371. The van der Waals surface area contributed by atoms with Crippen LogP contribution >= 0.6 is 0 Å². The lowest BCUT2D eigenvalue weighted by Gasteiger charge is -2.07. The van der Waals surface area contributed by atoms with E-state index in [-0.39, 0.29) is 0 Å².